The van der Waals surface area contributed by atoms with E-state index in [2.05, 4.69) is 21.1 Å². The van der Waals surface area contributed by atoms with E-state index in [0.717, 1.165) is 17.3 Å². The molecule has 0 spiro atoms. The van der Waals surface area contributed by atoms with Crippen LogP contribution in [0.3, 0.4) is 0 Å². The molecule has 1 fully saturated rings. The Balaban J connectivity index is 1.39. The number of rotatable bonds is 4. The average Bonchev–Trinajstić information content (AvgIpc) is 3.52. The highest BCUT2D eigenvalue weighted by molar-refractivity contribution is 6.45. The molecule has 3 aromatic heterocycles. The number of H-pyrrole nitrogens is 1. The Labute approximate surface area is 199 Å². The SMILES string of the molecule is N#CC(=C1CCN(C(=O)C(=O)c2c[nH]c3c(-n4ccc(N)n4)ncc(F)c23)CC1)c1ccccc1. The van der Waals surface area contributed by atoms with Gasteiger partial charge in [0.25, 0.3) is 11.7 Å². The number of fused-ring (bicyclic) bond motifs is 1. The van der Waals surface area contributed by atoms with E-state index in [1.807, 2.05) is 30.3 Å². The molecule has 35 heavy (non-hydrogen) atoms. The summed E-state index contributed by atoms with van der Waals surface area (Å²) in [5.41, 5.74) is 8.20. The summed E-state index contributed by atoms with van der Waals surface area (Å²) in [6.07, 6.45) is 4.81. The number of nitrogens with two attached hydrogens (primary N) is 1. The monoisotopic (exact) mass is 469 g/mol. The number of nitrogens with one attached hydrogen (secondary N) is 1. The maximum Gasteiger partial charge on any atom is 0.295 e. The Morgan fingerprint density at radius 3 is 2.54 bits per heavy atom. The van der Waals surface area contributed by atoms with Gasteiger partial charge in [0.1, 0.15) is 5.82 Å². The molecule has 1 amide bonds. The lowest BCUT2D eigenvalue weighted by Crippen LogP contribution is -2.40. The van der Waals surface area contributed by atoms with Crippen molar-refractivity contribution >= 4 is 34.0 Å². The van der Waals surface area contributed by atoms with E-state index in [1.165, 1.54) is 15.8 Å². The van der Waals surface area contributed by atoms with Gasteiger partial charge in [0, 0.05) is 31.5 Å². The zero-order valence-corrected chi connectivity index (χ0v) is 18.5. The van der Waals surface area contributed by atoms with Crippen LogP contribution in [-0.4, -0.2) is 49.4 Å². The number of hydrogen-bond donors (Lipinski definition) is 2. The number of nitrogens with zero attached hydrogens (tertiary/aromatic N) is 5. The zero-order valence-electron chi connectivity index (χ0n) is 18.5. The fraction of sp³-hybridized carbons (Fsp3) is 0.160. The Morgan fingerprint density at radius 1 is 1.14 bits per heavy atom. The molecule has 4 heterocycles. The van der Waals surface area contributed by atoms with Gasteiger partial charge in [0.15, 0.2) is 11.6 Å². The molecule has 174 valence electrons. The van der Waals surface area contributed by atoms with E-state index in [4.69, 9.17) is 5.73 Å². The standard InChI is InChI=1S/C25H20FN7O2/c26-19-14-30-24(33-11-8-20(28)31-33)22-21(19)18(13-29-22)23(34)25(35)32-9-6-16(7-10-32)17(12-27)15-4-2-1-3-5-15/h1-5,8,11,13-14,29H,6-7,9-10H2,(H2,28,31). The molecule has 1 aromatic carbocycles. The van der Waals surface area contributed by atoms with Crippen molar-refractivity contribution in [2.75, 3.05) is 18.8 Å². The minimum atomic E-state index is -0.816. The molecule has 3 N–H and O–H groups in total. The third-order valence-electron chi connectivity index (χ3n) is 6.09. The number of anilines is 1. The van der Waals surface area contributed by atoms with Crippen LogP contribution in [0.2, 0.25) is 0 Å². The molecule has 0 saturated carbocycles. The first kappa shape index (κ1) is 22.0. The average molecular weight is 469 g/mol. The van der Waals surface area contributed by atoms with Crippen LogP contribution in [0.1, 0.15) is 28.8 Å². The van der Waals surface area contributed by atoms with Crippen molar-refractivity contribution < 1.29 is 14.0 Å². The van der Waals surface area contributed by atoms with Gasteiger partial charge >= 0.3 is 0 Å². The number of nitrogen functional groups attached to an aromatic ring is 1. The van der Waals surface area contributed by atoms with E-state index in [1.54, 1.807) is 12.3 Å². The number of piperidine rings is 1. The molecule has 10 heteroatoms. The summed E-state index contributed by atoms with van der Waals surface area (Å²) in [6, 6.07) is 13.2. The number of hydrogen-bond acceptors (Lipinski definition) is 6. The van der Waals surface area contributed by atoms with Crippen molar-refractivity contribution in [2.24, 2.45) is 0 Å². The van der Waals surface area contributed by atoms with Crippen LogP contribution in [0, 0.1) is 17.1 Å². The van der Waals surface area contributed by atoms with E-state index < -0.39 is 17.5 Å². The zero-order chi connectivity index (χ0) is 24.5. The molecule has 4 aromatic rings. The van der Waals surface area contributed by atoms with Crippen LogP contribution in [0.15, 0.2) is 60.6 Å². The van der Waals surface area contributed by atoms with Gasteiger partial charge in [-0.15, -0.1) is 5.10 Å². The summed E-state index contributed by atoms with van der Waals surface area (Å²) in [5.74, 6) is -1.76. The van der Waals surface area contributed by atoms with Gasteiger partial charge in [0.05, 0.1) is 34.3 Å². The number of nitriles is 1. The first-order chi connectivity index (χ1) is 17.0. The lowest BCUT2D eigenvalue weighted by Gasteiger charge is -2.28. The van der Waals surface area contributed by atoms with Crippen molar-refractivity contribution in [1.82, 2.24) is 24.6 Å². The Kier molecular flexibility index (Phi) is 5.58. The fourth-order valence-corrected chi connectivity index (χ4v) is 4.34. The second-order valence-corrected chi connectivity index (χ2v) is 8.14. The lowest BCUT2D eigenvalue weighted by molar-refractivity contribution is -0.126. The van der Waals surface area contributed by atoms with E-state index >= 15 is 0 Å². The highest BCUT2D eigenvalue weighted by atomic mass is 19.1. The number of aromatic amines is 1. The number of pyridine rings is 1. The summed E-state index contributed by atoms with van der Waals surface area (Å²) in [6.45, 7) is 0.588. The van der Waals surface area contributed by atoms with Crippen molar-refractivity contribution in [3.63, 3.8) is 0 Å². The molecular formula is C25H20FN7O2. The van der Waals surface area contributed by atoms with Gasteiger partial charge in [0.2, 0.25) is 0 Å². The smallest absolute Gasteiger partial charge is 0.295 e. The molecule has 1 saturated heterocycles. The van der Waals surface area contributed by atoms with Crippen LogP contribution >= 0.6 is 0 Å². The van der Waals surface area contributed by atoms with E-state index in [0.29, 0.717) is 31.5 Å². The lowest BCUT2D eigenvalue weighted by atomic mass is 9.93. The normalized spacial score (nSPS) is 13.6. The molecule has 0 radical (unpaired) electrons. The summed E-state index contributed by atoms with van der Waals surface area (Å²) in [4.78, 5) is 34.5. The number of allylic oxidation sites excluding steroid dienone is 1. The van der Waals surface area contributed by atoms with Crippen LogP contribution < -0.4 is 5.73 Å². The topological polar surface area (TPSA) is 134 Å². The van der Waals surface area contributed by atoms with Crippen molar-refractivity contribution in [3.8, 4) is 11.9 Å². The number of halogens is 1. The number of carbonyl (C=O) groups excluding carboxylic acids is 2. The van der Waals surface area contributed by atoms with Crippen LogP contribution in [-0.2, 0) is 4.79 Å². The quantitative estimate of drug-likeness (QED) is 0.268. The first-order valence-electron chi connectivity index (χ1n) is 11.0. The van der Waals surface area contributed by atoms with Crippen LogP contribution in [0.25, 0.3) is 22.3 Å². The number of carbonyl (C=O) groups is 2. The third kappa shape index (κ3) is 3.93. The summed E-state index contributed by atoms with van der Waals surface area (Å²) < 4.78 is 16.1. The Morgan fingerprint density at radius 2 is 1.89 bits per heavy atom. The largest absolute Gasteiger partial charge is 0.382 e. The van der Waals surface area contributed by atoms with Crippen LogP contribution in [0.5, 0.6) is 0 Å². The molecule has 9 nitrogen and oxygen atoms in total. The molecule has 0 unspecified atom stereocenters. The maximum absolute atomic E-state index is 14.7. The van der Waals surface area contributed by atoms with Gasteiger partial charge in [-0.3, -0.25) is 9.59 Å². The minimum Gasteiger partial charge on any atom is -0.382 e. The second-order valence-electron chi connectivity index (χ2n) is 8.14. The van der Waals surface area contributed by atoms with E-state index in [-0.39, 0.29) is 28.1 Å². The minimum absolute atomic E-state index is 0.0316. The van der Waals surface area contributed by atoms with Crippen molar-refractivity contribution in [3.05, 3.63) is 77.5 Å². The molecule has 5 rings (SSSR count). The Bertz CT molecular complexity index is 1520. The van der Waals surface area contributed by atoms with Gasteiger partial charge < -0.3 is 15.6 Å². The predicted octanol–water partition coefficient (Wildman–Crippen LogP) is 3.25. The van der Waals surface area contributed by atoms with Crippen molar-refractivity contribution in [2.45, 2.75) is 12.8 Å². The summed E-state index contributed by atoms with van der Waals surface area (Å²) in [7, 11) is 0. The highest BCUT2D eigenvalue weighted by Crippen LogP contribution is 2.29. The molecule has 1 aliphatic heterocycles. The first-order valence-corrected chi connectivity index (χ1v) is 11.0. The summed E-state index contributed by atoms with van der Waals surface area (Å²) >= 11 is 0. The molecule has 0 aliphatic carbocycles. The number of benzene rings is 1. The number of Topliss-reactive ketones (excluding diaryl/α,β-unsaturated/α-hetero) is 1. The molecule has 0 bridgehead atoms. The van der Waals surface area contributed by atoms with Crippen molar-refractivity contribution in [1.29, 1.82) is 5.26 Å². The second kappa shape index (κ2) is 8.87. The van der Waals surface area contributed by atoms with E-state index in [9.17, 15) is 19.2 Å². The highest BCUT2D eigenvalue weighted by Gasteiger charge is 2.30. The van der Waals surface area contributed by atoms with Gasteiger partial charge in [-0.2, -0.15) is 5.26 Å². The van der Waals surface area contributed by atoms with Gasteiger partial charge in [-0.05, 0) is 24.0 Å². The number of ketones is 1. The maximum atomic E-state index is 14.7. The number of amides is 1. The predicted molar refractivity (Wildman–Crippen MR) is 127 cm³/mol. The van der Waals surface area contributed by atoms with Gasteiger partial charge in [-0.25, -0.2) is 14.1 Å². The molecular weight excluding hydrogens is 449 g/mol. The summed E-state index contributed by atoms with van der Waals surface area (Å²) in [5, 5.41) is 13.7. The molecule has 1 aliphatic rings. The number of likely N-dealkylation sites (tertiary alicyclic amines) is 1. The Hall–Kier alpha value is -4.78. The fourth-order valence-electron chi connectivity index (χ4n) is 4.34. The molecule has 0 atom stereocenters. The third-order valence-corrected chi connectivity index (χ3v) is 6.09. The number of aromatic nitrogens is 4. The van der Waals surface area contributed by atoms with Crippen LogP contribution in [0.4, 0.5) is 10.2 Å². The van der Waals surface area contributed by atoms with Gasteiger partial charge in [-0.1, -0.05) is 30.3 Å².